The molecule has 0 unspecified atom stereocenters. The van der Waals surface area contributed by atoms with E-state index in [9.17, 15) is 14.3 Å². The first-order chi connectivity index (χ1) is 12.1. The maximum atomic E-state index is 13.8. The zero-order valence-electron chi connectivity index (χ0n) is 12.8. The van der Waals surface area contributed by atoms with E-state index in [0.717, 1.165) is 22.5 Å². The highest BCUT2D eigenvalue weighted by molar-refractivity contribution is 7.17. The van der Waals surface area contributed by atoms with E-state index in [-0.39, 0.29) is 16.0 Å². The van der Waals surface area contributed by atoms with Crippen LogP contribution in [0.1, 0.15) is 5.56 Å². The van der Waals surface area contributed by atoms with Crippen molar-refractivity contribution in [3.63, 3.8) is 0 Å². The summed E-state index contributed by atoms with van der Waals surface area (Å²) < 4.78 is 14.1. The number of rotatable bonds is 2. The summed E-state index contributed by atoms with van der Waals surface area (Å²) in [5.74, 6) is 0.0421. The van der Waals surface area contributed by atoms with E-state index in [0.29, 0.717) is 28.3 Å². The summed E-state index contributed by atoms with van der Waals surface area (Å²) in [7, 11) is 0. The lowest BCUT2D eigenvalue weighted by Gasteiger charge is -2.11. The van der Waals surface area contributed by atoms with Gasteiger partial charge in [0, 0.05) is 21.9 Å². The zero-order valence-corrected chi connectivity index (χ0v) is 13.7. The van der Waals surface area contributed by atoms with Crippen LogP contribution in [0.5, 0.6) is 5.75 Å². The lowest BCUT2D eigenvalue weighted by Crippen LogP contribution is -2.04. The van der Waals surface area contributed by atoms with E-state index >= 15 is 0 Å². The molecule has 4 rings (SSSR count). The van der Waals surface area contributed by atoms with E-state index in [2.05, 4.69) is 11.1 Å². The van der Waals surface area contributed by atoms with Crippen molar-refractivity contribution < 1.29 is 9.50 Å². The number of benzene rings is 2. The van der Waals surface area contributed by atoms with Gasteiger partial charge in [-0.15, -0.1) is 11.3 Å². The normalized spacial score (nSPS) is 11.0. The van der Waals surface area contributed by atoms with E-state index in [1.807, 2.05) is 12.1 Å². The van der Waals surface area contributed by atoms with Crippen LogP contribution in [0.3, 0.4) is 0 Å². The molecule has 6 heteroatoms. The van der Waals surface area contributed by atoms with Gasteiger partial charge < -0.3 is 10.1 Å². The Labute approximate surface area is 145 Å². The van der Waals surface area contributed by atoms with Crippen LogP contribution in [-0.2, 0) is 6.42 Å². The molecule has 2 N–H and O–H groups in total. The third kappa shape index (κ3) is 2.46. The van der Waals surface area contributed by atoms with Crippen LogP contribution in [0.25, 0.3) is 32.1 Å². The van der Waals surface area contributed by atoms with E-state index in [1.54, 1.807) is 18.2 Å². The Balaban J connectivity index is 2.09. The predicted molar refractivity (Wildman–Crippen MR) is 96.3 cm³/mol. The SMILES string of the molecule is N#CCc1ccc(-c2c(O)ccc3[nH]c(=O)c4sc(F)cc4c23)cc1. The maximum absolute atomic E-state index is 13.8. The first kappa shape index (κ1) is 15.4. The van der Waals surface area contributed by atoms with Crippen molar-refractivity contribution in [3.05, 3.63) is 63.5 Å². The van der Waals surface area contributed by atoms with Crippen molar-refractivity contribution in [3.8, 4) is 22.9 Å². The van der Waals surface area contributed by atoms with Gasteiger partial charge in [0.05, 0.1) is 12.5 Å². The maximum Gasteiger partial charge on any atom is 0.266 e. The Morgan fingerprint density at radius 3 is 2.68 bits per heavy atom. The van der Waals surface area contributed by atoms with Crippen molar-refractivity contribution in [2.24, 2.45) is 0 Å². The first-order valence-corrected chi connectivity index (χ1v) is 8.33. The van der Waals surface area contributed by atoms with Crippen LogP contribution in [-0.4, -0.2) is 10.1 Å². The molecule has 0 aliphatic rings. The van der Waals surface area contributed by atoms with Crippen molar-refractivity contribution in [2.75, 3.05) is 0 Å². The molecule has 2 aromatic carbocycles. The number of aromatic nitrogens is 1. The van der Waals surface area contributed by atoms with Crippen molar-refractivity contribution in [1.82, 2.24) is 4.98 Å². The van der Waals surface area contributed by atoms with Gasteiger partial charge in [0.2, 0.25) is 0 Å². The Kier molecular flexibility index (Phi) is 3.52. The molecule has 0 amide bonds. The number of nitrogens with one attached hydrogen (secondary N) is 1. The van der Waals surface area contributed by atoms with E-state index in [1.165, 1.54) is 12.1 Å². The van der Waals surface area contributed by atoms with E-state index < -0.39 is 5.13 Å². The zero-order chi connectivity index (χ0) is 17.6. The van der Waals surface area contributed by atoms with Gasteiger partial charge in [-0.1, -0.05) is 24.3 Å². The molecule has 2 aromatic heterocycles. The molecule has 25 heavy (non-hydrogen) atoms. The molecule has 122 valence electrons. The summed E-state index contributed by atoms with van der Waals surface area (Å²) in [6.45, 7) is 0. The fourth-order valence-corrected chi connectivity index (χ4v) is 3.83. The molecule has 4 nitrogen and oxygen atoms in total. The number of hydrogen-bond acceptors (Lipinski definition) is 4. The van der Waals surface area contributed by atoms with E-state index in [4.69, 9.17) is 5.26 Å². The highest BCUT2D eigenvalue weighted by Crippen LogP contribution is 2.40. The number of aromatic hydroxyl groups is 1. The molecule has 0 fully saturated rings. The molecule has 0 aliphatic carbocycles. The van der Waals surface area contributed by atoms with Crippen LogP contribution in [0.4, 0.5) is 4.39 Å². The number of pyridine rings is 1. The smallest absolute Gasteiger partial charge is 0.266 e. The highest BCUT2D eigenvalue weighted by Gasteiger charge is 2.16. The third-order valence-electron chi connectivity index (χ3n) is 4.13. The van der Waals surface area contributed by atoms with Gasteiger partial charge in [-0.05, 0) is 29.3 Å². The second-order valence-corrected chi connectivity index (χ2v) is 6.66. The molecule has 0 radical (unpaired) electrons. The second-order valence-electron chi connectivity index (χ2n) is 5.66. The molecule has 0 saturated carbocycles. The predicted octanol–water partition coefficient (Wildman–Crippen LogP) is 4.32. The van der Waals surface area contributed by atoms with Crippen LogP contribution in [0.2, 0.25) is 0 Å². The topological polar surface area (TPSA) is 76.9 Å². The number of hydrogen-bond donors (Lipinski definition) is 2. The summed E-state index contributed by atoms with van der Waals surface area (Å²) in [6, 6.07) is 13.8. The number of nitrogens with zero attached hydrogens (tertiary/aromatic N) is 1. The number of phenols is 1. The van der Waals surface area contributed by atoms with Crippen LogP contribution in [0.15, 0.2) is 47.3 Å². The fraction of sp³-hybridized carbons (Fsp3) is 0.0526. The van der Waals surface area contributed by atoms with Crippen LogP contribution in [0, 0.1) is 16.5 Å². The average Bonchev–Trinajstić information content (AvgIpc) is 2.99. The molecule has 0 spiro atoms. The van der Waals surface area contributed by atoms with Crippen LogP contribution >= 0.6 is 11.3 Å². The van der Waals surface area contributed by atoms with Crippen molar-refractivity contribution >= 4 is 32.3 Å². The molecule has 0 aliphatic heterocycles. The number of phenolic OH excluding ortho intramolecular Hbond substituents is 1. The van der Waals surface area contributed by atoms with Gasteiger partial charge in [-0.3, -0.25) is 4.79 Å². The first-order valence-electron chi connectivity index (χ1n) is 7.52. The van der Waals surface area contributed by atoms with Crippen molar-refractivity contribution in [2.45, 2.75) is 6.42 Å². The standard InChI is InChI=1S/C19H11FN2O2S/c20-15-9-12-17-13(22-19(24)18(12)25-15)5-6-14(23)16(17)11-3-1-10(2-4-11)7-8-21/h1-6,9,23H,7H2,(H,22,24). The molecule has 4 aromatic rings. The molecular weight excluding hydrogens is 339 g/mol. The summed E-state index contributed by atoms with van der Waals surface area (Å²) in [4.78, 5) is 14.9. The van der Waals surface area contributed by atoms with Gasteiger partial charge in [0.1, 0.15) is 10.4 Å². The number of thiophene rings is 1. The second kappa shape index (κ2) is 5.72. The monoisotopic (exact) mass is 350 g/mol. The summed E-state index contributed by atoms with van der Waals surface area (Å²) in [5.41, 5.74) is 2.30. The highest BCUT2D eigenvalue weighted by atomic mass is 32.1. The Hall–Kier alpha value is -3.17. The minimum absolute atomic E-state index is 0.0421. The summed E-state index contributed by atoms with van der Waals surface area (Å²) >= 11 is 0.784. The lowest BCUT2D eigenvalue weighted by molar-refractivity contribution is 0.478. The Bertz CT molecular complexity index is 1220. The van der Waals surface area contributed by atoms with Gasteiger partial charge in [0.25, 0.3) is 5.56 Å². The Morgan fingerprint density at radius 1 is 1.20 bits per heavy atom. The number of aromatic amines is 1. The number of H-pyrrole nitrogens is 1. The number of fused-ring (bicyclic) bond motifs is 3. The third-order valence-corrected chi connectivity index (χ3v) is 5.06. The average molecular weight is 350 g/mol. The molecule has 0 bridgehead atoms. The number of nitriles is 1. The molecule has 0 atom stereocenters. The largest absolute Gasteiger partial charge is 0.507 e. The molecule has 0 saturated heterocycles. The fourth-order valence-electron chi connectivity index (χ4n) is 3.04. The quantitative estimate of drug-likeness (QED) is 0.565. The van der Waals surface area contributed by atoms with Gasteiger partial charge >= 0.3 is 0 Å². The summed E-state index contributed by atoms with van der Waals surface area (Å²) in [5, 5.41) is 19.8. The van der Waals surface area contributed by atoms with Gasteiger partial charge in [-0.25, -0.2) is 0 Å². The minimum Gasteiger partial charge on any atom is -0.507 e. The number of halogens is 1. The molecule has 2 heterocycles. The lowest BCUT2D eigenvalue weighted by atomic mass is 9.96. The van der Waals surface area contributed by atoms with Gasteiger partial charge in [0.15, 0.2) is 5.13 Å². The summed E-state index contributed by atoms with van der Waals surface area (Å²) in [6.07, 6.45) is 0.301. The van der Waals surface area contributed by atoms with Crippen molar-refractivity contribution in [1.29, 1.82) is 5.26 Å². The minimum atomic E-state index is -0.452. The van der Waals surface area contributed by atoms with Crippen LogP contribution < -0.4 is 5.56 Å². The molecular formula is C19H11FN2O2S. The Morgan fingerprint density at radius 2 is 1.96 bits per heavy atom. The van der Waals surface area contributed by atoms with Gasteiger partial charge in [-0.2, -0.15) is 9.65 Å².